The maximum Gasteiger partial charge on any atom is 0.336 e. The van der Waals surface area contributed by atoms with Crippen LogP contribution in [0.2, 0.25) is 0 Å². The van der Waals surface area contributed by atoms with Crippen molar-refractivity contribution in [2.75, 3.05) is 14.2 Å². The van der Waals surface area contributed by atoms with Gasteiger partial charge in [0.1, 0.15) is 0 Å². The number of carboxylic acid groups (broad SMARTS) is 2. The third kappa shape index (κ3) is 4.80. The number of carboxylic acids is 2. The second kappa shape index (κ2) is 8.28. The lowest BCUT2D eigenvalue weighted by molar-refractivity contribution is 0.0685. The van der Waals surface area contributed by atoms with Crippen molar-refractivity contribution in [2.24, 2.45) is 0 Å². The molecule has 0 saturated heterocycles. The topological polar surface area (TPSA) is 134 Å². The fraction of sp³-hybridized carbons (Fsp3) is 0.125. The molecule has 24 heavy (non-hydrogen) atoms. The Kier molecular flexibility index (Phi) is 6.42. The van der Waals surface area contributed by atoms with Crippen molar-refractivity contribution in [3.05, 3.63) is 47.5 Å². The smallest absolute Gasteiger partial charge is 0.336 e. The zero-order valence-electron chi connectivity index (χ0n) is 12.8. The Morgan fingerprint density at radius 3 is 2.04 bits per heavy atom. The van der Waals surface area contributed by atoms with Crippen LogP contribution < -0.4 is 9.47 Å². The van der Waals surface area contributed by atoms with E-state index in [0.29, 0.717) is 0 Å². The van der Waals surface area contributed by atoms with Crippen LogP contribution >= 0.6 is 0 Å². The van der Waals surface area contributed by atoms with Crippen LogP contribution in [0.3, 0.4) is 0 Å². The van der Waals surface area contributed by atoms with Gasteiger partial charge in [0.15, 0.2) is 23.0 Å². The van der Waals surface area contributed by atoms with Crippen molar-refractivity contribution in [3.63, 3.8) is 0 Å². The summed E-state index contributed by atoms with van der Waals surface area (Å²) in [7, 11) is 2.69. The molecule has 1 radical (unpaired) electrons. The molecule has 0 heterocycles. The highest BCUT2D eigenvalue weighted by Crippen LogP contribution is 2.26. The Balaban J connectivity index is 0.000000240. The van der Waals surface area contributed by atoms with E-state index in [1.807, 2.05) is 0 Å². The Morgan fingerprint density at radius 1 is 0.917 bits per heavy atom. The number of methoxy groups -OCH3 is 2. The molecule has 2 aromatic carbocycles. The number of phenols is 2. The molecule has 0 unspecified atom stereocenters. The molecule has 0 saturated carbocycles. The lowest BCUT2D eigenvalue weighted by atomic mass is 10.2. The molecule has 2 rings (SSSR count). The monoisotopic (exact) mass is 335 g/mol. The molecule has 0 bridgehead atoms. The van der Waals surface area contributed by atoms with Gasteiger partial charge >= 0.3 is 11.9 Å². The number of hydrogen-bond acceptors (Lipinski definition) is 6. The molecule has 8 nitrogen and oxygen atoms in total. The van der Waals surface area contributed by atoms with E-state index in [4.69, 9.17) is 25.2 Å². The van der Waals surface area contributed by atoms with Gasteiger partial charge in [-0.3, -0.25) is 0 Å². The molecule has 0 aliphatic carbocycles. The minimum Gasteiger partial charge on any atom is -0.504 e. The van der Waals surface area contributed by atoms with Crippen LogP contribution in [0.5, 0.6) is 23.0 Å². The van der Waals surface area contributed by atoms with Crippen LogP contribution in [-0.4, -0.2) is 46.6 Å². The van der Waals surface area contributed by atoms with E-state index in [-0.39, 0.29) is 34.1 Å². The van der Waals surface area contributed by atoms with Crippen molar-refractivity contribution >= 4 is 11.9 Å². The first kappa shape index (κ1) is 18.6. The maximum absolute atomic E-state index is 10.4. The summed E-state index contributed by atoms with van der Waals surface area (Å²) >= 11 is 0. The molecule has 8 heteroatoms. The zero-order valence-corrected chi connectivity index (χ0v) is 12.8. The molecule has 2 aromatic rings. The molecule has 127 valence electrons. The van der Waals surface area contributed by atoms with Gasteiger partial charge in [-0.25, -0.2) is 9.59 Å². The fourth-order valence-electron chi connectivity index (χ4n) is 1.56. The van der Waals surface area contributed by atoms with E-state index in [9.17, 15) is 9.59 Å². The standard InChI is InChI=1S/C8H8O4.C8H7O4/c2*1-12-7-4-5(8(10)11)2-3-6(7)9/h2-4,9H,1H3,(H,10,11);2-3,9H,1H3,(H,10,11). The number of aromatic hydroxyl groups is 2. The van der Waals surface area contributed by atoms with E-state index in [0.717, 1.165) is 0 Å². The van der Waals surface area contributed by atoms with Gasteiger partial charge in [-0.1, -0.05) is 0 Å². The summed E-state index contributed by atoms with van der Waals surface area (Å²) in [5, 5.41) is 35.3. The predicted molar refractivity (Wildman–Crippen MR) is 82.1 cm³/mol. The van der Waals surface area contributed by atoms with Gasteiger partial charge < -0.3 is 29.9 Å². The lowest BCUT2D eigenvalue weighted by Gasteiger charge is -2.02. The number of rotatable bonds is 4. The first-order valence-electron chi connectivity index (χ1n) is 6.43. The van der Waals surface area contributed by atoms with Gasteiger partial charge in [0.2, 0.25) is 0 Å². The highest BCUT2D eigenvalue weighted by molar-refractivity contribution is 5.88. The van der Waals surface area contributed by atoms with Crippen molar-refractivity contribution in [1.29, 1.82) is 0 Å². The third-order valence-electron chi connectivity index (χ3n) is 2.75. The average molecular weight is 335 g/mol. The van der Waals surface area contributed by atoms with E-state index in [1.54, 1.807) is 0 Å². The van der Waals surface area contributed by atoms with E-state index < -0.39 is 11.9 Å². The summed E-state index contributed by atoms with van der Waals surface area (Å²) in [6, 6.07) is 8.74. The Morgan fingerprint density at radius 2 is 1.54 bits per heavy atom. The lowest BCUT2D eigenvalue weighted by Crippen LogP contribution is -1.96. The second-order valence-corrected chi connectivity index (χ2v) is 4.29. The Bertz CT molecular complexity index is 675. The van der Waals surface area contributed by atoms with Crippen molar-refractivity contribution in [2.45, 2.75) is 0 Å². The van der Waals surface area contributed by atoms with Gasteiger partial charge in [-0.2, -0.15) is 0 Å². The minimum absolute atomic E-state index is 0.0369. The highest BCUT2D eigenvalue weighted by atomic mass is 16.5. The van der Waals surface area contributed by atoms with Crippen molar-refractivity contribution in [1.82, 2.24) is 0 Å². The first-order valence-corrected chi connectivity index (χ1v) is 6.43. The molecular formula is C16H15O8. The molecule has 0 fully saturated rings. The molecule has 0 amide bonds. The van der Waals surface area contributed by atoms with Crippen LogP contribution in [-0.2, 0) is 0 Å². The zero-order chi connectivity index (χ0) is 18.3. The highest BCUT2D eigenvalue weighted by Gasteiger charge is 2.08. The predicted octanol–water partition coefficient (Wildman–Crippen LogP) is 2.00. The molecule has 0 aromatic heterocycles. The van der Waals surface area contributed by atoms with Crippen molar-refractivity contribution in [3.8, 4) is 23.0 Å². The summed E-state index contributed by atoms with van der Waals surface area (Å²) < 4.78 is 9.39. The van der Waals surface area contributed by atoms with Gasteiger partial charge in [0.05, 0.1) is 25.3 Å². The Labute approximate surface area is 137 Å². The summed E-state index contributed by atoms with van der Waals surface area (Å²) in [5.74, 6) is -2.14. The van der Waals surface area contributed by atoms with Crippen LogP contribution in [0.4, 0.5) is 0 Å². The van der Waals surface area contributed by atoms with Gasteiger partial charge in [0, 0.05) is 6.07 Å². The van der Waals surface area contributed by atoms with Gasteiger partial charge in [-0.15, -0.1) is 0 Å². The van der Waals surface area contributed by atoms with Crippen LogP contribution in [0.1, 0.15) is 20.7 Å². The van der Waals surface area contributed by atoms with Crippen LogP contribution in [0, 0.1) is 6.07 Å². The second-order valence-electron chi connectivity index (χ2n) is 4.29. The summed E-state index contributed by atoms with van der Waals surface area (Å²) in [4.78, 5) is 20.9. The molecule has 4 N–H and O–H groups in total. The largest absolute Gasteiger partial charge is 0.504 e. The van der Waals surface area contributed by atoms with Gasteiger partial charge in [0.25, 0.3) is 0 Å². The van der Waals surface area contributed by atoms with Crippen molar-refractivity contribution < 1.29 is 39.5 Å². The van der Waals surface area contributed by atoms with Gasteiger partial charge in [-0.05, 0) is 30.3 Å². The number of phenolic OH excluding ortho intramolecular Hbond substituents is 2. The average Bonchev–Trinajstić information content (AvgIpc) is 2.55. The summed E-state index contributed by atoms with van der Waals surface area (Å²) in [6.07, 6.45) is 0. The van der Waals surface area contributed by atoms with Crippen LogP contribution in [0.25, 0.3) is 0 Å². The van der Waals surface area contributed by atoms with E-state index >= 15 is 0 Å². The first-order chi connectivity index (χ1) is 11.3. The molecule has 0 atom stereocenters. The minimum atomic E-state index is -1.10. The molecule has 0 spiro atoms. The normalized spacial score (nSPS) is 9.42. The fourth-order valence-corrected chi connectivity index (χ4v) is 1.56. The number of hydrogen-bond donors (Lipinski definition) is 4. The van der Waals surface area contributed by atoms with Crippen LogP contribution in [0.15, 0.2) is 30.3 Å². The summed E-state index contributed by atoms with van der Waals surface area (Å²) in [6.45, 7) is 0. The number of ether oxygens (including phenoxy) is 2. The Hall–Kier alpha value is -3.42. The van der Waals surface area contributed by atoms with E-state index in [1.165, 1.54) is 44.6 Å². The number of carbonyl (C=O) groups is 2. The molecular weight excluding hydrogens is 320 g/mol. The quantitative estimate of drug-likeness (QED) is 0.666. The molecule has 0 aliphatic rings. The van der Waals surface area contributed by atoms with E-state index in [2.05, 4.69) is 10.8 Å². The maximum atomic E-state index is 10.4. The number of benzene rings is 2. The summed E-state index contributed by atoms with van der Waals surface area (Å²) in [5.41, 5.74) is 0.0503. The molecule has 0 aliphatic heterocycles. The third-order valence-corrected chi connectivity index (χ3v) is 2.75. The SMILES string of the molecule is COc1[c]c(C(=O)O)ccc1O.COc1cc(C(=O)O)ccc1O. The number of aromatic carboxylic acids is 2.